The molecule has 3 aromatic carbocycles. The molecule has 4 aromatic rings. The molecule has 10 heteroatoms. The van der Waals surface area contributed by atoms with Gasteiger partial charge in [0.1, 0.15) is 0 Å². The van der Waals surface area contributed by atoms with E-state index in [1.54, 1.807) is 37.4 Å². The number of amides is 1. The molecule has 0 fully saturated rings. The van der Waals surface area contributed by atoms with Crippen LogP contribution in [0.15, 0.2) is 60.7 Å². The summed E-state index contributed by atoms with van der Waals surface area (Å²) in [6.45, 7) is 0. The molecule has 0 saturated heterocycles. The van der Waals surface area contributed by atoms with Gasteiger partial charge in [0, 0.05) is 23.5 Å². The normalized spacial score (nSPS) is 11.2. The number of carbonyl (C=O) groups excluding carboxylic acids is 1. The van der Waals surface area contributed by atoms with Crippen molar-refractivity contribution in [2.75, 3.05) is 41.1 Å². The first-order valence-electron chi connectivity index (χ1n) is 10.0. The number of nitrogens with zero attached hydrogens (tertiary/aromatic N) is 1. The van der Waals surface area contributed by atoms with Crippen molar-refractivity contribution in [1.29, 1.82) is 0 Å². The molecule has 0 unspecified atom stereocenters. The molecule has 4 rings (SSSR count). The number of carbonyl (C=O) groups is 1. The van der Waals surface area contributed by atoms with Crippen LogP contribution in [0.1, 0.15) is 0 Å². The van der Waals surface area contributed by atoms with Crippen LogP contribution in [0.2, 0.25) is 0 Å². The molecule has 0 bridgehead atoms. The van der Waals surface area contributed by atoms with Crippen LogP contribution < -0.4 is 20.7 Å². The van der Waals surface area contributed by atoms with Gasteiger partial charge in [-0.15, -0.1) is 0 Å². The molecule has 9 nitrogen and oxygen atoms in total. The minimum Gasteiger partial charge on any atom is -0.453 e. The number of para-hydroxylation sites is 1. The average molecular weight is 466 g/mol. The standard InChI is InChI=1S/C23H23N5O4S/c1-24-21-13-15(28-33(3,30)31)9-11-19(21)27-22-16-6-4-5-7-18(16)26-20-12-14(8-10-17(20)22)25-23(29)32-2/h4-13,24,28H,1-3H3,(H,25,29)(H,26,27). The lowest BCUT2D eigenvalue weighted by molar-refractivity contribution is 0.187. The fraction of sp³-hybridized carbons (Fsp3) is 0.130. The van der Waals surface area contributed by atoms with Crippen LogP contribution in [0.5, 0.6) is 0 Å². The van der Waals surface area contributed by atoms with Gasteiger partial charge in [0.25, 0.3) is 0 Å². The van der Waals surface area contributed by atoms with Crippen molar-refractivity contribution >= 4 is 66.4 Å². The number of rotatable bonds is 6. The number of methoxy groups -OCH3 is 1. The Hall–Kier alpha value is -4.05. The minimum absolute atomic E-state index is 0.454. The van der Waals surface area contributed by atoms with E-state index < -0.39 is 16.1 Å². The zero-order valence-corrected chi connectivity index (χ0v) is 19.1. The van der Waals surface area contributed by atoms with Gasteiger partial charge in [-0.3, -0.25) is 10.0 Å². The van der Waals surface area contributed by atoms with Crippen LogP contribution in [0.3, 0.4) is 0 Å². The number of anilines is 5. The van der Waals surface area contributed by atoms with Crippen LogP contribution in [0.4, 0.5) is 33.2 Å². The third kappa shape index (κ3) is 4.90. The quantitative estimate of drug-likeness (QED) is 0.304. The Morgan fingerprint density at radius 2 is 1.64 bits per heavy atom. The summed E-state index contributed by atoms with van der Waals surface area (Å²) in [6, 6.07) is 18.4. The number of hydrogen-bond acceptors (Lipinski definition) is 7. The fourth-order valence-electron chi connectivity index (χ4n) is 3.55. The fourth-order valence-corrected chi connectivity index (χ4v) is 4.10. The summed E-state index contributed by atoms with van der Waals surface area (Å²) < 4.78 is 30.3. The highest BCUT2D eigenvalue weighted by Gasteiger charge is 2.13. The van der Waals surface area contributed by atoms with E-state index in [1.165, 1.54) is 7.11 Å². The van der Waals surface area contributed by atoms with E-state index in [0.717, 1.165) is 33.9 Å². The summed E-state index contributed by atoms with van der Waals surface area (Å²) in [5.41, 5.74) is 4.79. The van der Waals surface area contributed by atoms with Crippen LogP contribution in [0.25, 0.3) is 21.8 Å². The number of sulfonamides is 1. The number of hydrogen-bond donors (Lipinski definition) is 4. The Labute approximate surface area is 191 Å². The van der Waals surface area contributed by atoms with E-state index in [9.17, 15) is 13.2 Å². The maximum absolute atomic E-state index is 11.6. The lowest BCUT2D eigenvalue weighted by Gasteiger charge is -2.17. The molecule has 0 aliphatic heterocycles. The van der Waals surface area contributed by atoms with Crippen LogP contribution in [0, 0.1) is 0 Å². The Kier molecular flexibility index (Phi) is 5.93. The Morgan fingerprint density at radius 1 is 0.909 bits per heavy atom. The van der Waals surface area contributed by atoms with Crippen molar-refractivity contribution in [1.82, 2.24) is 4.98 Å². The van der Waals surface area contributed by atoms with Crippen LogP contribution in [-0.2, 0) is 14.8 Å². The van der Waals surface area contributed by atoms with Crippen LogP contribution in [-0.4, -0.2) is 39.9 Å². The molecule has 1 aromatic heterocycles. The van der Waals surface area contributed by atoms with Gasteiger partial charge in [-0.05, 0) is 42.5 Å². The molecule has 0 aliphatic carbocycles. The summed E-state index contributed by atoms with van der Waals surface area (Å²) in [4.78, 5) is 16.4. The van der Waals surface area contributed by atoms with Crippen molar-refractivity contribution in [3.63, 3.8) is 0 Å². The molecule has 1 heterocycles. The molecular formula is C23H23N5O4S. The monoisotopic (exact) mass is 465 g/mol. The zero-order valence-electron chi connectivity index (χ0n) is 18.3. The predicted octanol–water partition coefficient (Wildman–Crippen LogP) is 4.72. The second-order valence-corrected chi connectivity index (χ2v) is 9.11. The Bertz CT molecular complexity index is 1470. The molecule has 4 N–H and O–H groups in total. The number of nitrogens with one attached hydrogen (secondary N) is 4. The van der Waals surface area contributed by atoms with Gasteiger partial charge >= 0.3 is 6.09 Å². The number of aromatic nitrogens is 1. The maximum Gasteiger partial charge on any atom is 0.411 e. The summed E-state index contributed by atoms with van der Waals surface area (Å²) >= 11 is 0. The summed E-state index contributed by atoms with van der Waals surface area (Å²) in [7, 11) is -0.324. The summed E-state index contributed by atoms with van der Waals surface area (Å²) in [5.74, 6) is 0. The second kappa shape index (κ2) is 8.83. The summed E-state index contributed by atoms with van der Waals surface area (Å²) in [5, 5.41) is 11.0. The molecule has 33 heavy (non-hydrogen) atoms. The minimum atomic E-state index is -3.39. The van der Waals surface area contributed by atoms with Crippen molar-refractivity contribution < 1.29 is 17.9 Å². The van der Waals surface area contributed by atoms with Crippen molar-refractivity contribution in [2.24, 2.45) is 0 Å². The maximum atomic E-state index is 11.6. The molecule has 0 saturated carbocycles. The number of fused-ring (bicyclic) bond motifs is 2. The van der Waals surface area contributed by atoms with Gasteiger partial charge in [0.15, 0.2) is 0 Å². The molecule has 0 spiro atoms. The van der Waals surface area contributed by atoms with E-state index in [0.29, 0.717) is 22.6 Å². The van der Waals surface area contributed by atoms with E-state index in [-0.39, 0.29) is 0 Å². The topological polar surface area (TPSA) is 121 Å². The van der Waals surface area contributed by atoms with E-state index in [1.807, 2.05) is 30.3 Å². The molecule has 170 valence electrons. The molecule has 0 atom stereocenters. The van der Waals surface area contributed by atoms with E-state index in [4.69, 9.17) is 4.98 Å². The highest BCUT2D eigenvalue weighted by Crippen LogP contribution is 2.37. The highest BCUT2D eigenvalue weighted by molar-refractivity contribution is 7.92. The van der Waals surface area contributed by atoms with E-state index >= 15 is 0 Å². The first kappa shape index (κ1) is 22.2. The van der Waals surface area contributed by atoms with Gasteiger partial charge in [-0.2, -0.15) is 0 Å². The van der Waals surface area contributed by atoms with Crippen LogP contribution >= 0.6 is 0 Å². The van der Waals surface area contributed by atoms with Gasteiger partial charge in [0.2, 0.25) is 10.0 Å². The number of pyridine rings is 1. The van der Waals surface area contributed by atoms with E-state index in [2.05, 4.69) is 25.4 Å². The van der Waals surface area contributed by atoms with Crippen molar-refractivity contribution in [3.05, 3.63) is 60.7 Å². The third-order valence-electron chi connectivity index (χ3n) is 4.96. The zero-order chi connectivity index (χ0) is 23.6. The third-order valence-corrected chi connectivity index (χ3v) is 5.57. The average Bonchev–Trinajstić information content (AvgIpc) is 2.78. The Balaban J connectivity index is 1.83. The molecule has 1 amide bonds. The molecule has 0 aliphatic rings. The number of benzene rings is 3. The SMILES string of the molecule is CNc1cc(NS(C)(=O)=O)ccc1Nc1c2ccccc2nc2cc(NC(=O)OC)ccc12. The number of ether oxygens (including phenoxy) is 1. The van der Waals surface area contributed by atoms with Gasteiger partial charge < -0.3 is 15.4 Å². The molecule has 0 radical (unpaired) electrons. The highest BCUT2D eigenvalue weighted by atomic mass is 32.2. The van der Waals surface area contributed by atoms with Gasteiger partial charge in [-0.25, -0.2) is 18.2 Å². The van der Waals surface area contributed by atoms with Gasteiger partial charge in [-0.1, -0.05) is 18.2 Å². The van der Waals surface area contributed by atoms with Gasteiger partial charge in [0.05, 0.1) is 47.1 Å². The smallest absolute Gasteiger partial charge is 0.411 e. The largest absolute Gasteiger partial charge is 0.453 e. The Morgan fingerprint density at radius 3 is 2.36 bits per heavy atom. The van der Waals surface area contributed by atoms with Crippen molar-refractivity contribution in [2.45, 2.75) is 0 Å². The summed E-state index contributed by atoms with van der Waals surface area (Å²) in [6.07, 6.45) is 0.548. The molecular weight excluding hydrogens is 442 g/mol. The lowest BCUT2D eigenvalue weighted by Crippen LogP contribution is -2.11. The predicted molar refractivity (Wildman–Crippen MR) is 133 cm³/mol. The second-order valence-electron chi connectivity index (χ2n) is 7.36. The first-order valence-corrected chi connectivity index (χ1v) is 11.9. The lowest BCUT2D eigenvalue weighted by atomic mass is 10.1. The van der Waals surface area contributed by atoms with Crippen molar-refractivity contribution in [3.8, 4) is 0 Å². The first-order chi connectivity index (χ1) is 15.8.